The number of aliphatic hydroxyl groups is 1. The Balaban J connectivity index is 2.11. The van der Waals surface area contributed by atoms with Crippen LogP contribution in [0.5, 0.6) is 0 Å². The van der Waals surface area contributed by atoms with Crippen LogP contribution >= 0.6 is 0 Å². The highest BCUT2D eigenvalue weighted by atomic mass is 16.3. The Morgan fingerprint density at radius 3 is 3.06 bits per heavy atom. The smallest absolute Gasteiger partial charge is 0.134 e. The highest BCUT2D eigenvalue weighted by molar-refractivity contribution is 5.49. The minimum absolute atomic E-state index is 0.136. The van der Waals surface area contributed by atoms with Gasteiger partial charge in [-0.3, -0.25) is 0 Å². The average Bonchev–Trinajstić information content (AvgIpc) is 2.39. The molecule has 1 aromatic rings. The molecule has 1 aromatic heterocycles. The van der Waals surface area contributed by atoms with Crippen molar-refractivity contribution in [3.63, 3.8) is 0 Å². The monoisotopic (exact) mass is 250 g/mol. The van der Waals surface area contributed by atoms with E-state index in [0.29, 0.717) is 6.54 Å². The summed E-state index contributed by atoms with van der Waals surface area (Å²) in [7, 11) is 1.93. The molecule has 100 valence electrons. The maximum Gasteiger partial charge on any atom is 0.134 e. The number of nitrogens with zero attached hydrogens (tertiary/aromatic N) is 4. The fourth-order valence-corrected chi connectivity index (χ4v) is 2.38. The highest BCUT2D eigenvalue weighted by Crippen LogP contribution is 2.23. The van der Waals surface area contributed by atoms with Gasteiger partial charge in [0.05, 0.1) is 6.61 Å². The number of aromatic nitrogens is 2. The van der Waals surface area contributed by atoms with Crippen molar-refractivity contribution >= 4 is 11.6 Å². The van der Waals surface area contributed by atoms with Crippen LogP contribution in [0.1, 0.15) is 19.8 Å². The maximum absolute atomic E-state index is 8.96. The van der Waals surface area contributed by atoms with Crippen molar-refractivity contribution in [1.82, 2.24) is 9.97 Å². The summed E-state index contributed by atoms with van der Waals surface area (Å²) in [6.07, 6.45) is 4.14. The molecular weight excluding hydrogens is 228 g/mol. The van der Waals surface area contributed by atoms with E-state index in [1.807, 2.05) is 18.0 Å². The molecule has 1 aliphatic heterocycles. The van der Waals surface area contributed by atoms with Gasteiger partial charge >= 0.3 is 0 Å². The molecular formula is C13H22N4O. The number of anilines is 2. The standard InChI is InChI=1S/C13H22N4O/c1-11-4-3-5-17(9-11)13-8-12(14-10-15-13)16(2)6-7-18/h8,10-11,18H,3-7,9H2,1-2H3. The Bertz CT molecular complexity index is 385. The van der Waals surface area contributed by atoms with Crippen LogP contribution in [0.15, 0.2) is 12.4 Å². The molecule has 0 aliphatic carbocycles. The van der Waals surface area contributed by atoms with Crippen LogP contribution < -0.4 is 9.80 Å². The van der Waals surface area contributed by atoms with Gasteiger partial charge in [-0.15, -0.1) is 0 Å². The van der Waals surface area contributed by atoms with Crippen LogP contribution in [0, 0.1) is 5.92 Å². The summed E-state index contributed by atoms with van der Waals surface area (Å²) in [6, 6.07) is 2.01. The Hall–Kier alpha value is -1.36. The molecule has 0 saturated carbocycles. The third-order valence-electron chi connectivity index (χ3n) is 3.45. The average molecular weight is 250 g/mol. The van der Waals surface area contributed by atoms with Crippen molar-refractivity contribution in [2.75, 3.05) is 43.1 Å². The van der Waals surface area contributed by atoms with E-state index in [-0.39, 0.29) is 6.61 Å². The third-order valence-corrected chi connectivity index (χ3v) is 3.45. The lowest BCUT2D eigenvalue weighted by atomic mass is 10.0. The van der Waals surface area contributed by atoms with Gasteiger partial charge in [0, 0.05) is 32.7 Å². The highest BCUT2D eigenvalue weighted by Gasteiger charge is 2.18. The van der Waals surface area contributed by atoms with Crippen molar-refractivity contribution < 1.29 is 5.11 Å². The van der Waals surface area contributed by atoms with Gasteiger partial charge in [-0.25, -0.2) is 9.97 Å². The second kappa shape index (κ2) is 6.00. The van der Waals surface area contributed by atoms with Gasteiger partial charge in [0.15, 0.2) is 0 Å². The van der Waals surface area contributed by atoms with Crippen LogP contribution in [0.2, 0.25) is 0 Å². The molecule has 0 aromatic carbocycles. The van der Waals surface area contributed by atoms with Crippen LogP contribution in [0.3, 0.4) is 0 Å². The molecule has 0 bridgehead atoms. The first kappa shape index (κ1) is 13.1. The molecule has 5 nitrogen and oxygen atoms in total. The second-order valence-electron chi connectivity index (χ2n) is 5.07. The topological polar surface area (TPSA) is 52.5 Å². The number of rotatable bonds is 4. The molecule has 1 aliphatic rings. The van der Waals surface area contributed by atoms with E-state index < -0.39 is 0 Å². The molecule has 1 N–H and O–H groups in total. The number of likely N-dealkylation sites (N-methyl/N-ethyl adjacent to an activating group) is 1. The summed E-state index contributed by atoms with van der Waals surface area (Å²) in [4.78, 5) is 12.9. The third kappa shape index (κ3) is 3.10. The van der Waals surface area contributed by atoms with E-state index in [0.717, 1.165) is 30.6 Å². The van der Waals surface area contributed by atoms with E-state index in [4.69, 9.17) is 5.11 Å². The zero-order valence-corrected chi connectivity index (χ0v) is 11.2. The van der Waals surface area contributed by atoms with Crippen molar-refractivity contribution in [2.45, 2.75) is 19.8 Å². The summed E-state index contributed by atoms with van der Waals surface area (Å²) in [5.41, 5.74) is 0. The summed E-state index contributed by atoms with van der Waals surface area (Å²) >= 11 is 0. The van der Waals surface area contributed by atoms with Gasteiger partial charge in [0.2, 0.25) is 0 Å². The lowest BCUT2D eigenvalue weighted by molar-refractivity contribution is 0.304. The van der Waals surface area contributed by atoms with Crippen molar-refractivity contribution in [2.24, 2.45) is 5.92 Å². The molecule has 1 unspecified atom stereocenters. The fraction of sp³-hybridized carbons (Fsp3) is 0.692. The zero-order chi connectivity index (χ0) is 13.0. The van der Waals surface area contributed by atoms with Crippen LogP contribution in [0.4, 0.5) is 11.6 Å². The zero-order valence-electron chi connectivity index (χ0n) is 11.2. The van der Waals surface area contributed by atoms with E-state index >= 15 is 0 Å². The van der Waals surface area contributed by atoms with E-state index in [9.17, 15) is 0 Å². The minimum atomic E-state index is 0.136. The number of aliphatic hydroxyl groups excluding tert-OH is 1. The van der Waals surface area contributed by atoms with Gasteiger partial charge in [0.1, 0.15) is 18.0 Å². The van der Waals surface area contributed by atoms with Crippen LogP contribution in [0.25, 0.3) is 0 Å². The molecule has 0 spiro atoms. The Kier molecular flexibility index (Phi) is 4.36. The van der Waals surface area contributed by atoms with Gasteiger partial charge in [0.25, 0.3) is 0 Å². The van der Waals surface area contributed by atoms with E-state index in [2.05, 4.69) is 21.8 Å². The van der Waals surface area contributed by atoms with Gasteiger partial charge in [-0.1, -0.05) is 6.92 Å². The summed E-state index contributed by atoms with van der Waals surface area (Å²) < 4.78 is 0. The predicted octanol–water partition coefficient (Wildman–Crippen LogP) is 1.14. The molecule has 1 atom stereocenters. The SMILES string of the molecule is CC1CCCN(c2cc(N(C)CCO)ncn2)C1. The first-order chi connectivity index (χ1) is 8.70. The van der Waals surface area contributed by atoms with Gasteiger partial charge < -0.3 is 14.9 Å². The molecule has 1 saturated heterocycles. The first-order valence-electron chi connectivity index (χ1n) is 6.59. The first-order valence-corrected chi connectivity index (χ1v) is 6.59. The van der Waals surface area contributed by atoms with E-state index in [1.54, 1.807) is 6.33 Å². The predicted molar refractivity (Wildman–Crippen MR) is 73.0 cm³/mol. The number of hydrogen-bond acceptors (Lipinski definition) is 5. The summed E-state index contributed by atoms with van der Waals surface area (Å²) in [5, 5.41) is 8.96. The second-order valence-corrected chi connectivity index (χ2v) is 5.07. The lowest BCUT2D eigenvalue weighted by Crippen LogP contribution is -2.35. The lowest BCUT2D eigenvalue weighted by Gasteiger charge is -2.32. The fourth-order valence-electron chi connectivity index (χ4n) is 2.38. The van der Waals surface area contributed by atoms with Crippen molar-refractivity contribution in [3.05, 3.63) is 12.4 Å². The number of piperidine rings is 1. The molecule has 2 rings (SSSR count). The summed E-state index contributed by atoms with van der Waals surface area (Å²) in [5.74, 6) is 2.59. The summed E-state index contributed by atoms with van der Waals surface area (Å²) in [6.45, 7) is 5.15. The van der Waals surface area contributed by atoms with Crippen molar-refractivity contribution in [1.29, 1.82) is 0 Å². The van der Waals surface area contributed by atoms with Crippen LogP contribution in [-0.2, 0) is 0 Å². The largest absolute Gasteiger partial charge is 0.395 e. The normalized spacial score (nSPS) is 19.9. The molecule has 2 heterocycles. The molecule has 0 radical (unpaired) electrons. The van der Waals surface area contributed by atoms with Gasteiger partial charge in [-0.05, 0) is 18.8 Å². The van der Waals surface area contributed by atoms with Crippen molar-refractivity contribution in [3.8, 4) is 0 Å². The van der Waals surface area contributed by atoms with E-state index in [1.165, 1.54) is 12.8 Å². The Labute approximate surface area is 108 Å². The quantitative estimate of drug-likeness (QED) is 0.868. The minimum Gasteiger partial charge on any atom is -0.395 e. The van der Waals surface area contributed by atoms with Crippen LogP contribution in [-0.4, -0.2) is 48.4 Å². The molecule has 0 amide bonds. The maximum atomic E-state index is 8.96. The molecule has 5 heteroatoms. The Morgan fingerprint density at radius 2 is 2.33 bits per heavy atom. The van der Waals surface area contributed by atoms with Gasteiger partial charge in [-0.2, -0.15) is 0 Å². The number of hydrogen-bond donors (Lipinski definition) is 1. The Morgan fingerprint density at radius 1 is 1.50 bits per heavy atom. The molecule has 1 fully saturated rings. The molecule has 18 heavy (non-hydrogen) atoms.